The molecule has 3 rings (SSSR count). The van der Waals surface area contributed by atoms with Crippen LogP contribution in [0, 0.1) is 10.1 Å². The Hall–Kier alpha value is -3.41. The normalized spacial score (nSPS) is 11.6. The van der Waals surface area contributed by atoms with Gasteiger partial charge < -0.3 is 0 Å². The molecule has 33 heavy (non-hydrogen) atoms. The standard InChI is InChI=1S/C22H19BrN4O5S/c23-19-12-10-17(11-13-19)15-26(33(31,32)20-7-2-1-3-8-20)16-22(28)25-24-14-18-6-4-5-9-21(18)27(29)30/h1-14H,15-16H2,(H,25,28)/b24-14-. The largest absolute Gasteiger partial charge is 0.278 e. The predicted octanol–water partition coefficient (Wildman–Crippen LogP) is 3.70. The highest BCUT2D eigenvalue weighted by Gasteiger charge is 2.26. The van der Waals surface area contributed by atoms with Crippen molar-refractivity contribution in [2.75, 3.05) is 6.54 Å². The second-order valence-corrected chi connectivity index (χ2v) is 9.68. The average molecular weight is 531 g/mol. The monoisotopic (exact) mass is 530 g/mol. The lowest BCUT2D eigenvalue weighted by molar-refractivity contribution is -0.385. The van der Waals surface area contributed by atoms with Crippen LogP contribution < -0.4 is 5.43 Å². The van der Waals surface area contributed by atoms with E-state index >= 15 is 0 Å². The Morgan fingerprint density at radius 3 is 2.33 bits per heavy atom. The highest BCUT2D eigenvalue weighted by molar-refractivity contribution is 9.10. The van der Waals surface area contributed by atoms with E-state index in [-0.39, 0.29) is 22.7 Å². The summed E-state index contributed by atoms with van der Waals surface area (Å²) in [6.45, 7) is -0.534. The van der Waals surface area contributed by atoms with Gasteiger partial charge in [-0.1, -0.05) is 58.4 Å². The SMILES string of the molecule is O=C(CN(Cc1ccc(Br)cc1)S(=O)(=O)c1ccccc1)N/N=C\c1ccccc1[N+](=O)[O-]. The number of hydrogen-bond donors (Lipinski definition) is 1. The van der Waals surface area contributed by atoms with E-state index in [4.69, 9.17) is 0 Å². The number of nitrogens with zero attached hydrogens (tertiary/aromatic N) is 3. The second kappa shape index (κ2) is 10.9. The van der Waals surface area contributed by atoms with Gasteiger partial charge in [0, 0.05) is 17.1 Å². The molecule has 0 aromatic heterocycles. The molecular formula is C22H19BrN4O5S. The van der Waals surface area contributed by atoms with Crippen molar-refractivity contribution in [3.05, 3.63) is 105 Å². The first-order valence-corrected chi connectivity index (χ1v) is 11.9. The number of nitrogens with one attached hydrogen (secondary N) is 1. The van der Waals surface area contributed by atoms with Crippen LogP contribution in [0.3, 0.4) is 0 Å². The van der Waals surface area contributed by atoms with E-state index in [1.807, 2.05) is 0 Å². The van der Waals surface area contributed by atoms with Crippen LogP contribution in [0.15, 0.2) is 93.3 Å². The summed E-state index contributed by atoms with van der Waals surface area (Å²) in [7, 11) is -3.98. The molecule has 0 unspecified atom stereocenters. The lowest BCUT2D eigenvalue weighted by Gasteiger charge is -2.21. The van der Waals surface area contributed by atoms with Gasteiger partial charge in [-0.05, 0) is 35.9 Å². The van der Waals surface area contributed by atoms with Crippen molar-refractivity contribution in [1.29, 1.82) is 0 Å². The Kier molecular flexibility index (Phi) is 8.04. The van der Waals surface area contributed by atoms with E-state index in [1.165, 1.54) is 30.3 Å². The zero-order valence-electron chi connectivity index (χ0n) is 17.2. The topological polar surface area (TPSA) is 122 Å². The number of carbonyl (C=O) groups excluding carboxylic acids is 1. The third kappa shape index (κ3) is 6.54. The zero-order chi connectivity index (χ0) is 23.8. The fourth-order valence-corrected chi connectivity index (χ4v) is 4.56. The molecule has 0 atom stereocenters. The molecule has 0 aliphatic carbocycles. The molecule has 9 nitrogen and oxygen atoms in total. The third-order valence-corrected chi connectivity index (χ3v) is 6.83. The number of carbonyl (C=O) groups is 1. The maximum atomic E-state index is 13.2. The molecular weight excluding hydrogens is 512 g/mol. The van der Waals surface area contributed by atoms with Gasteiger partial charge in [0.15, 0.2) is 0 Å². The summed E-state index contributed by atoms with van der Waals surface area (Å²) >= 11 is 3.34. The number of hydrazone groups is 1. The Morgan fingerprint density at radius 1 is 1.03 bits per heavy atom. The van der Waals surface area contributed by atoms with Crippen molar-refractivity contribution in [3.8, 4) is 0 Å². The molecule has 0 radical (unpaired) electrons. The van der Waals surface area contributed by atoms with Gasteiger partial charge in [-0.3, -0.25) is 14.9 Å². The van der Waals surface area contributed by atoms with Crippen molar-refractivity contribution in [3.63, 3.8) is 0 Å². The molecule has 1 N–H and O–H groups in total. The van der Waals surface area contributed by atoms with Gasteiger partial charge in [0.25, 0.3) is 11.6 Å². The van der Waals surface area contributed by atoms with Gasteiger partial charge in [0.1, 0.15) is 0 Å². The van der Waals surface area contributed by atoms with Crippen LogP contribution in [0.4, 0.5) is 5.69 Å². The molecule has 0 fully saturated rings. The number of benzene rings is 3. The van der Waals surface area contributed by atoms with Crippen LogP contribution in [0.25, 0.3) is 0 Å². The number of nitro benzene ring substituents is 1. The Balaban J connectivity index is 1.79. The first-order chi connectivity index (χ1) is 15.8. The average Bonchev–Trinajstić information content (AvgIpc) is 2.81. The maximum absolute atomic E-state index is 13.2. The molecule has 0 saturated carbocycles. The molecule has 11 heteroatoms. The van der Waals surface area contributed by atoms with E-state index in [0.29, 0.717) is 5.56 Å². The maximum Gasteiger partial charge on any atom is 0.278 e. The van der Waals surface area contributed by atoms with E-state index in [1.54, 1.807) is 48.5 Å². The summed E-state index contributed by atoms with van der Waals surface area (Å²) < 4.78 is 28.2. The lowest BCUT2D eigenvalue weighted by atomic mass is 10.2. The Labute approximate surface area is 199 Å². The van der Waals surface area contributed by atoms with Gasteiger partial charge in [0.05, 0.1) is 28.1 Å². The fourth-order valence-electron chi connectivity index (χ4n) is 2.89. The number of para-hydroxylation sites is 1. The van der Waals surface area contributed by atoms with Crippen molar-refractivity contribution in [1.82, 2.24) is 9.73 Å². The zero-order valence-corrected chi connectivity index (χ0v) is 19.6. The second-order valence-electron chi connectivity index (χ2n) is 6.82. The lowest BCUT2D eigenvalue weighted by Crippen LogP contribution is -2.39. The molecule has 0 aliphatic heterocycles. The minimum absolute atomic E-state index is 0.0359. The molecule has 0 aliphatic rings. The quantitative estimate of drug-likeness (QED) is 0.256. The van der Waals surface area contributed by atoms with Crippen LogP contribution in [-0.2, 0) is 21.4 Å². The highest BCUT2D eigenvalue weighted by Crippen LogP contribution is 2.19. The number of rotatable bonds is 9. The number of halogens is 1. The number of amides is 1. The predicted molar refractivity (Wildman–Crippen MR) is 127 cm³/mol. The van der Waals surface area contributed by atoms with Crippen LogP contribution in [0.2, 0.25) is 0 Å². The summed E-state index contributed by atoms with van der Waals surface area (Å²) in [6.07, 6.45) is 1.14. The van der Waals surface area contributed by atoms with Crippen molar-refractivity contribution < 1.29 is 18.1 Å². The number of hydrogen-bond acceptors (Lipinski definition) is 6. The van der Waals surface area contributed by atoms with E-state index in [0.717, 1.165) is 15.0 Å². The molecule has 0 saturated heterocycles. The van der Waals surface area contributed by atoms with Gasteiger partial charge in [-0.2, -0.15) is 9.41 Å². The third-order valence-electron chi connectivity index (χ3n) is 4.50. The fraction of sp³-hybridized carbons (Fsp3) is 0.0909. The highest BCUT2D eigenvalue weighted by atomic mass is 79.9. The van der Waals surface area contributed by atoms with Crippen molar-refractivity contribution >= 4 is 43.8 Å². The molecule has 3 aromatic carbocycles. The number of sulfonamides is 1. The summed E-state index contributed by atoms with van der Waals surface area (Å²) in [6, 6.07) is 20.8. The van der Waals surface area contributed by atoms with E-state index in [2.05, 4.69) is 26.5 Å². The summed E-state index contributed by atoms with van der Waals surface area (Å²) in [4.78, 5) is 23.1. The molecule has 0 bridgehead atoms. The molecule has 1 amide bonds. The minimum atomic E-state index is -3.98. The van der Waals surface area contributed by atoms with Crippen molar-refractivity contribution in [2.45, 2.75) is 11.4 Å². The number of nitro groups is 1. The van der Waals surface area contributed by atoms with Gasteiger partial charge in [-0.15, -0.1) is 0 Å². The van der Waals surface area contributed by atoms with Crippen LogP contribution in [-0.4, -0.2) is 36.3 Å². The van der Waals surface area contributed by atoms with Crippen LogP contribution in [0.5, 0.6) is 0 Å². The minimum Gasteiger partial charge on any atom is -0.272 e. The smallest absolute Gasteiger partial charge is 0.272 e. The molecule has 0 heterocycles. The summed E-state index contributed by atoms with van der Waals surface area (Å²) in [5.41, 5.74) is 2.96. The van der Waals surface area contributed by atoms with Crippen LogP contribution in [0.1, 0.15) is 11.1 Å². The van der Waals surface area contributed by atoms with Gasteiger partial charge in [0.2, 0.25) is 10.0 Å². The first-order valence-electron chi connectivity index (χ1n) is 9.62. The summed E-state index contributed by atoms with van der Waals surface area (Å²) in [5.74, 6) is -0.693. The van der Waals surface area contributed by atoms with Gasteiger partial charge in [-0.25, -0.2) is 13.8 Å². The van der Waals surface area contributed by atoms with E-state index in [9.17, 15) is 23.3 Å². The first kappa shape index (κ1) is 24.2. The van der Waals surface area contributed by atoms with Crippen LogP contribution >= 0.6 is 15.9 Å². The Bertz CT molecular complexity index is 1270. The van der Waals surface area contributed by atoms with E-state index < -0.39 is 27.4 Å². The summed E-state index contributed by atoms with van der Waals surface area (Å²) in [5, 5.41) is 14.8. The molecule has 0 spiro atoms. The van der Waals surface area contributed by atoms with Crippen molar-refractivity contribution in [2.24, 2.45) is 5.10 Å². The molecule has 3 aromatic rings. The molecule has 170 valence electrons. The Morgan fingerprint density at radius 2 is 1.67 bits per heavy atom. The van der Waals surface area contributed by atoms with Gasteiger partial charge >= 0.3 is 0 Å².